The van der Waals surface area contributed by atoms with E-state index in [4.69, 9.17) is 0 Å². The summed E-state index contributed by atoms with van der Waals surface area (Å²) >= 11 is 3.47. The highest BCUT2D eigenvalue weighted by Crippen LogP contribution is 2.21. The predicted molar refractivity (Wildman–Crippen MR) is 81.6 cm³/mol. The zero-order valence-electron chi connectivity index (χ0n) is 11.1. The molecule has 2 aromatic rings. The standard InChI is InChI=1S/C15H17BrN2O/c1-3-8-18-9-4-5-14(18)15(19)17-12-7-6-11(2)13(16)10-12/h4-7,9-10H,3,8H2,1-2H3,(H,17,19). The Hall–Kier alpha value is -1.55. The molecule has 1 aromatic carbocycles. The quantitative estimate of drug-likeness (QED) is 0.899. The Morgan fingerprint density at radius 1 is 1.37 bits per heavy atom. The van der Waals surface area contributed by atoms with E-state index in [9.17, 15) is 4.79 Å². The van der Waals surface area contributed by atoms with Crippen LogP contribution in [0, 0.1) is 6.92 Å². The van der Waals surface area contributed by atoms with Gasteiger partial charge in [0, 0.05) is 22.9 Å². The van der Waals surface area contributed by atoms with Crippen LogP contribution in [0.15, 0.2) is 41.0 Å². The van der Waals surface area contributed by atoms with E-state index in [1.165, 1.54) is 0 Å². The SMILES string of the molecule is CCCn1cccc1C(=O)Nc1ccc(C)c(Br)c1. The van der Waals surface area contributed by atoms with Gasteiger partial charge in [0.25, 0.3) is 5.91 Å². The van der Waals surface area contributed by atoms with Gasteiger partial charge in [-0.25, -0.2) is 0 Å². The number of halogens is 1. The lowest BCUT2D eigenvalue weighted by Gasteiger charge is -2.09. The van der Waals surface area contributed by atoms with Gasteiger partial charge in [-0.2, -0.15) is 0 Å². The van der Waals surface area contributed by atoms with E-state index in [0.717, 1.165) is 28.7 Å². The van der Waals surface area contributed by atoms with Crippen molar-refractivity contribution in [2.24, 2.45) is 0 Å². The molecule has 0 aliphatic rings. The Labute approximate surface area is 121 Å². The Bertz CT molecular complexity index is 590. The lowest BCUT2D eigenvalue weighted by atomic mass is 10.2. The number of amides is 1. The number of aromatic nitrogens is 1. The third kappa shape index (κ3) is 3.26. The molecular formula is C15H17BrN2O. The smallest absolute Gasteiger partial charge is 0.272 e. The van der Waals surface area contributed by atoms with Gasteiger partial charge < -0.3 is 9.88 Å². The number of hydrogen-bond donors (Lipinski definition) is 1. The normalized spacial score (nSPS) is 10.5. The molecule has 0 bridgehead atoms. The number of carbonyl (C=O) groups is 1. The average molecular weight is 321 g/mol. The van der Waals surface area contributed by atoms with Gasteiger partial charge in [-0.15, -0.1) is 0 Å². The number of hydrogen-bond acceptors (Lipinski definition) is 1. The van der Waals surface area contributed by atoms with E-state index in [2.05, 4.69) is 28.2 Å². The molecule has 19 heavy (non-hydrogen) atoms. The zero-order chi connectivity index (χ0) is 13.8. The second kappa shape index (κ2) is 6.06. The van der Waals surface area contributed by atoms with Crippen LogP contribution in [0.3, 0.4) is 0 Å². The van der Waals surface area contributed by atoms with E-state index in [1.54, 1.807) is 0 Å². The van der Waals surface area contributed by atoms with E-state index >= 15 is 0 Å². The van der Waals surface area contributed by atoms with Crippen molar-refractivity contribution in [2.75, 3.05) is 5.32 Å². The summed E-state index contributed by atoms with van der Waals surface area (Å²) in [6, 6.07) is 9.54. The summed E-state index contributed by atoms with van der Waals surface area (Å²) < 4.78 is 2.97. The fourth-order valence-electron chi connectivity index (χ4n) is 1.92. The number of carbonyl (C=O) groups excluding carboxylic acids is 1. The lowest BCUT2D eigenvalue weighted by Crippen LogP contribution is -2.16. The molecule has 100 valence electrons. The summed E-state index contributed by atoms with van der Waals surface area (Å²) in [5.74, 6) is -0.0748. The number of anilines is 1. The number of rotatable bonds is 4. The molecule has 1 aromatic heterocycles. The first kappa shape index (κ1) is 13.9. The lowest BCUT2D eigenvalue weighted by molar-refractivity contribution is 0.101. The van der Waals surface area contributed by atoms with Crippen LogP contribution in [0.25, 0.3) is 0 Å². The van der Waals surface area contributed by atoms with Gasteiger partial charge in [0.05, 0.1) is 0 Å². The summed E-state index contributed by atoms with van der Waals surface area (Å²) in [5, 5.41) is 2.92. The molecule has 0 saturated carbocycles. The van der Waals surface area contributed by atoms with Crippen LogP contribution in [0.2, 0.25) is 0 Å². The highest BCUT2D eigenvalue weighted by atomic mass is 79.9. The average Bonchev–Trinajstić information content (AvgIpc) is 2.83. The molecule has 0 radical (unpaired) electrons. The molecular weight excluding hydrogens is 304 g/mol. The van der Waals surface area contributed by atoms with Crippen molar-refractivity contribution in [1.29, 1.82) is 0 Å². The number of nitrogens with zero attached hydrogens (tertiary/aromatic N) is 1. The number of benzene rings is 1. The van der Waals surface area contributed by atoms with E-state index in [-0.39, 0.29) is 5.91 Å². The maximum absolute atomic E-state index is 12.2. The molecule has 0 atom stereocenters. The van der Waals surface area contributed by atoms with Crippen molar-refractivity contribution in [3.05, 3.63) is 52.3 Å². The van der Waals surface area contributed by atoms with Gasteiger partial charge in [0.1, 0.15) is 5.69 Å². The third-order valence-electron chi connectivity index (χ3n) is 2.96. The highest BCUT2D eigenvalue weighted by Gasteiger charge is 2.10. The topological polar surface area (TPSA) is 34.0 Å². The van der Waals surface area contributed by atoms with Crippen LogP contribution in [0.4, 0.5) is 5.69 Å². The van der Waals surface area contributed by atoms with Crippen LogP contribution < -0.4 is 5.32 Å². The van der Waals surface area contributed by atoms with Gasteiger partial charge >= 0.3 is 0 Å². The van der Waals surface area contributed by atoms with Crippen molar-refractivity contribution < 1.29 is 4.79 Å². The first-order valence-electron chi connectivity index (χ1n) is 6.34. The minimum absolute atomic E-state index is 0.0748. The van der Waals surface area contributed by atoms with Crippen LogP contribution >= 0.6 is 15.9 Å². The Kier molecular flexibility index (Phi) is 4.43. The van der Waals surface area contributed by atoms with Crippen molar-refractivity contribution in [3.8, 4) is 0 Å². The third-order valence-corrected chi connectivity index (χ3v) is 3.81. The predicted octanol–water partition coefficient (Wildman–Crippen LogP) is 4.22. The molecule has 2 rings (SSSR count). The van der Waals surface area contributed by atoms with Crippen molar-refractivity contribution in [3.63, 3.8) is 0 Å². The van der Waals surface area contributed by atoms with Crippen LogP contribution in [-0.4, -0.2) is 10.5 Å². The molecule has 0 aliphatic carbocycles. The number of aryl methyl sites for hydroxylation is 2. The van der Waals surface area contributed by atoms with Crippen molar-refractivity contribution in [1.82, 2.24) is 4.57 Å². The van der Waals surface area contributed by atoms with Gasteiger partial charge in [-0.3, -0.25) is 4.79 Å². The molecule has 1 amide bonds. The highest BCUT2D eigenvalue weighted by molar-refractivity contribution is 9.10. The molecule has 3 nitrogen and oxygen atoms in total. The molecule has 0 fully saturated rings. The maximum atomic E-state index is 12.2. The molecule has 1 N–H and O–H groups in total. The fourth-order valence-corrected chi connectivity index (χ4v) is 2.30. The summed E-state index contributed by atoms with van der Waals surface area (Å²) in [4.78, 5) is 12.2. The summed E-state index contributed by atoms with van der Waals surface area (Å²) in [5.41, 5.74) is 2.64. The minimum atomic E-state index is -0.0748. The second-order valence-corrected chi connectivity index (χ2v) is 5.36. The summed E-state index contributed by atoms with van der Waals surface area (Å²) in [6.45, 7) is 4.97. The Balaban J connectivity index is 2.16. The van der Waals surface area contributed by atoms with Crippen molar-refractivity contribution >= 4 is 27.5 Å². The fraction of sp³-hybridized carbons (Fsp3) is 0.267. The first-order chi connectivity index (χ1) is 9.11. The van der Waals surface area contributed by atoms with E-state index < -0.39 is 0 Å². The van der Waals surface area contributed by atoms with Gasteiger partial charge in [-0.05, 0) is 43.2 Å². The Morgan fingerprint density at radius 3 is 2.84 bits per heavy atom. The van der Waals surface area contributed by atoms with Crippen LogP contribution in [-0.2, 0) is 6.54 Å². The van der Waals surface area contributed by atoms with Gasteiger partial charge in [0.2, 0.25) is 0 Å². The van der Waals surface area contributed by atoms with Gasteiger partial charge in [0.15, 0.2) is 0 Å². The van der Waals surface area contributed by atoms with E-state index in [1.807, 2.05) is 48.0 Å². The molecule has 0 saturated heterocycles. The zero-order valence-corrected chi connectivity index (χ0v) is 12.7. The minimum Gasteiger partial charge on any atom is -0.344 e. The molecule has 0 unspecified atom stereocenters. The number of nitrogens with one attached hydrogen (secondary N) is 1. The largest absolute Gasteiger partial charge is 0.344 e. The summed E-state index contributed by atoms with van der Waals surface area (Å²) in [6.07, 6.45) is 2.94. The van der Waals surface area contributed by atoms with Gasteiger partial charge in [-0.1, -0.05) is 28.9 Å². The van der Waals surface area contributed by atoms with E-state index in [0.29, 0.717) is 5.69 Å². The monoisotopic (exact) mass is 320 g/mol. The Morgan fingerprint density at radius 2 is 2.16 bits per heavy atom. The summed E-state index contributed by atoms with van der Waals surface area (Å²) in [7, 11) is 0. The molecule has 1 heterocycles. The van der Waals surface area contributed by atoms with Crippen molar-refractivity contribution in [2.45, 2.75) is 26.8 Å². The first-order valence-corrected chi connectivity index (χ1v) is 7.13. The molecule has 4 heteroatoms. The maximum Gasteiger partial charge on any atom is 0.272 e. The van der Waals surface area contributed by atoms with Crippen LogP contribution in [0.1, 0.15) is 29.4 Å². The molecule has 0 aliphatic heterocycles. The van der Waals surface area contributed by atoms with Crippen LogP contribution in [0.5, 0.6) is 0 Å². The second-order valence-electron chi connectivity index (χ2n) is 4.50. The molecule has 0 spiro atoms.